The molecule has 0 heterocycles. The van der Waals surface area contributed by atoms with Crippen molar-refractivity contribution in [2.75, 3.05) is 5.32 Å². The zero-order valence-electron chi connectivity index (χ0n) is 15.5. The van der Waals surface area contributed by atoms with Crippen molar-refractivity contribution in [1.82, 2.24) is 0 Å². The van der Waals surface area contributed by atoms with Crippen LogP contribution in [0.25, 0.3) is 6.08 Å². The van der Waals surface area contributed by atoms with Gasteiger partial charge in [-0.15, -0.1) is 0 Å². The molecule has 0 spiro atoms. The fraction of sp³-hybridized carbons (Fsp3) is 0.0435. The summed E-state index contributed by atoms with van der Waals surface area (Å²) in [6, 6.07) is 21.2. The molecular formula is C23H15Cl3N2O2. The quantitative estimate of drug-likeness (QED) is 0.328. The summed E-state index contributed by atoms with van der Waals surface area (Å²) >= 11 is 18.1. The smallest absolute Gasteiger partial charge is 0.266 e. The van der Waals surface area contributed by atoms with Gasteiger partial charge in [0.2, 0.25) is 0 Å². The molecule has 3 aromatic rings. The van der Waals surface area contributed by atoms with Crippen molar-refractivity contribution in [1.29, 1.82) is 5.26 Å². The number of benzene rings is 3. The van der Waals surface area contributed by atoms with E-state index in [0.717, 1.165) is 5.56 Å². The van der Waals surface area contributed by atoms with Gasteiger partial charge in [0.1, 0.15) is 24.0 Å². The lowest BCUT2D eigenvalue weighted by atomic mass is 10.1. The third kappa shape index (κ3) is 5.77. The van der Waals surface area contributed by atoms with Crippen LogP contribution in [0.1, 0.15) is 11.1 Å². The highest BCUT2D eigenvalue weighted by atomic mass is 35.5. The van der Waals surface area contributed by atoms with Gasteiger partial charge in [-0.05, 0) is 53.6 Å². The van der Waals surface area contributed by atoms with Crippen LogP contribution >= 0.6 is 34.8 Å². The number of ether oxygens (including phenoxy) is 1. The SMILES string of the molecule is N#C/C(=C\c1ccc(OCc2cccc(Cl)c2)cc1)C(=O)Nc1c(Cl)cccc1Cl. The molecule has 0 aromatic heterocycles. The first kappa shape index (κ1) is 21.7. The molecule has 0 atom stereocenters. The van der Waals surface area contributed by atoms with E-state index in [9.17, 15) is 10.1 Å². The second kappa shape index (κ2) is 10.2. The van der Waals surface area contributed by atoms with Crippen molar-refractivity contribution in [3.8, 4) is 11.8 Å². The Kier molecular flexibility index (Phi) is 7.37. The molecule has 4 nitrogen and oxygen atoms in total. The van der Waals surface area contributed by atoms with Crippen LogP contribution in [0.15, 0.2) is 72.3 Å². The molecule has 1 amide bonds. The number of nitrogens with zero attached hydrogens (tertiary/aromatic N) is 1. The third-order valence-corrected chi connectivity index (χ3v) is 4.92. The summed E-state index contributed by atoms with van der Waals surface area (Å²) in [5.41, 5.74) is 1.80. The highest BCUT2D eigenvalue weighted by molar-refractivity contribution is 6.40. The van der Waals surface area contributed by atoms with Crippen molar-refractivity contribution >= 4 is 52.5 Å². The molecule has 0 bridgehead atoms. The number of nitrogens with one attached hydrogen (secondary N) is 1. The molecule has 7 heteroatoms. The topological polar surface area (TPSA) is 62.1 Å². The first-order valence-corrected chi connectivity index (χ1v) is 9.94. The molecule has 3 rings (SSSR count). The number of nitriles is 1. The van der Waals surface area contributed by atoms with Gasteiger partial charge in [0.25, 0.3) is 5.91 Å². The Labute approximate surface area is 189 Å². The second-order valence-electron chi connectivity index (χ2n) is 6.21. The standard InChI is InChI=1S/C23H15Cl3N2O2/c24-18-4-1-3-16(12-18)14-30-19-9-7-15(8-10-19)11-17(13-27)23(29)28-22-20(25)5-2-6-21(22)26/h1-12H,14H2,(H,28,29)/b17-11+. The van der Waals surface area contributed by atoms with Crippen LogP contribution in [0.5, 0.6) is 5.75 Å². The van der Waals surface area contributed by atoms with E-state index >= 15 is 0 Å². The molecule has 0 radical (unpaired) electrons. The molecule has 0 saturated carbocycles. The van der Waals surface area contributed by atoms with Crippen molar-refractivity contribution in [3.05, 3.63) is 98.5 Å². The van der Waals surface area contributed by atoms with Crippen LogP contribution < -0.4 is 10.1 Å². The van der Waals surface area contributed by atoms with Crippen molar-refractivity contribution in [2.24, 2.45) is 0 Å². The van der Waals surface area contributed by atoms with Gasteiger partial charge >= 0.3 is 0 Å². The van der Waals surface area contributed by atoms with Gasteiger partial charge in [-0.2, -0.15) is 5.26 Å². The van der Waals surface area contributed by atoms with Crippen molar-refractivity contribution in [2.45, 2.75) is 6.61 Å². The van der Waals surface area contributed by atoms with Crippen LogP contribution in [0.3, 0.4) is 0 Å². The van der Waals surface area contributed by atoms with Crippen LogP contribution in [0, 0.1) is 11.3 Å². The summed E-state index contributed by atoms with van der Waals surface area (Å²) in [5, 5.41) is 13.2. The molecule has 30 heavy (non-hydrogen) atoms. The maximum atomic E-state index is 12.5. The zero-order chi connectivity index (χ0) is 21.5. The highest BCUT2D eigenvalue weighted by Crippen LogP contribution is 2.30. The largest absolute Gasteiger partial charge is 0.489 e. The molecule has 0 fully saturated rings. The van der Waals surface area contributed by atoms with E-state index in [0.29, 0.717) is 22.9 Å². The van der Waals surface area contributed by atoms with Gasteiger partial charge in [0.05, 0.1) is 15.7 Å². The van der Waals surface area contributed by atoms with Gasteiger partial charge in [-0.25, -0.2) is 0 Å². The number of rotatable bonds is 6. The fourth-order valence-corrected chi connectivity index (χ4v) is 3.27. The summed E-state index contributed by atoms with van der Waals surface area (Å²) in [6.45, 7) is 0.375. The summed E-state index contributed by atoms with van der Waals surface area (Å²) in [5.74, 6) is 0.0479. The Hall–Kier alpha value is -2.97. The Morgan fingerprint density at radius 3 is 2.30 bits per heavy atom. The van der Waals surface area contributed by atoms with E-state index in [2.05, 4.69) is 5.32 Å². The summed E-state index contributed by atoms with van der Waals surface area (Å²) in [4.78, 5) is 12.5. The Balaban J connectivity index is 1.68. The molecule has 0 aliphatic rings. The number of carbonyl (C=O) groups is 1. The lowest BCUT2D eigenvalue weighted by molar-refractivity contribution is -0.112. The van der Waals surface area contributed by atoms with Gasteiger partial charge in [-0.1, -0.05) is 65.1 Å². The number of amides is 1. The predicted octanol–water partition coefficient (Wildman–Crippen LogP) is 6.77. The molecule has 0 aliphatic carbocycles. The number of carbonyl (C=O) groups excluding carboxylic acids is 1. The van der Waals surface area contributed by atoms with Crippen LogP contribution in [0.2, 0.25) is 15.1 Å². The van der Waals surface area contributed by atoms with Gasteiger partial charge in [0, 0.05) is 5.02 Å². The van der Waals surface area contributed by atoms with E-state index in [1.54, 1.807) is 48.5 Å². The van der Waals surface area contributed by atoms with E-state index in [1.807, 2.05) is 24.3 Å². The number of para-hydroxylation sites is 1. The lowest BCUT2D eigenvalue weighted by Gasteiger charge is -2.09. The summed E-state index contributed by atoms with van der Waals surface area (Å²) in [7, 11) is 0. The highest BCUT2D eigenvalue weighted by Gasteiger charge is 2.13. The number of hydrogen-bond donors (Lipinski definition) is 1. The van der Waals surface area contributed by atoms with Crippen molar-refractivity contribution in [3.63, 3.8) is 0 Å². The first-order chi connectivity index (χ1) is 14.5. The minimum Gasteiger partial charge on any atom is -0.489 e. The average Bonchev–Trinajstić information content (AvgIpc) is 2.74. The number of hydrogen-bond acceptors (Lipinski definition) is 3. The molecule has 1 N–H and O–H groups in total. The van der Waals surface area contributed by atoms with E-state index in [-0.39, 0.29) is 21.3 Å². The Morgan fingerprint density at radius 1 is 1.00 bits per heavy atom. The Bertz CT molecular complexity index is 1120. The predicted molar refractivity (Wildman–Crippen MR) is 121 cm³/mol. The number of halogens is 3. The molecule has 0 unspecified atom stereocenters. The van der Waals surface area contributed by atoms with Gasteiger partial charge in [-0.3, -0.25) is 4.79 Å². The minimum absolute atomic E-state index is 0.0846. The van der Waals surface area contributed by atoms with Gasteiger partial charge in [0.15, 0.2) is 0 Å². The second-order valence-corrected chi connectivity index (χ2v) is 7.46. The van der Waals surface area contributed by atoms with Gasteiger partial charge < -0.3 is 10.1 Å². The molecule has 150 valence electrons. The zero-order valence-corrected chi connectivity index (χ0v) is 17.8. The average molecular weight is 458 g/mol. The fourth-order valence-electron chi connectivity index (χ4n) is 2.57. The first-order valence-electron chi connectivity index (χ1n) is 8.81. The maximum absolute atomic E-state index is 12.5. The van der Waals surface area contributed by atoms with E-state index in [4.69, 9.17) is 39.5 Å². The normalized spacial score (nSPS) is 10.9. The maximum Gasteiger partial charge on any atom is 0.266 e. The van der Waals surface area contributed by atoms with E-state index in [1.165, 1.54) is 6.08 Å². The lowest BCUT2D eigenvalue weighted by Crippen LogP contribution is -2.14. The molecule has 3 aromatic carbocycles. The minimum atomic E-state index is -0.603. The van der Waals surface area contributed by atoms with Crippen LogP contribution in [-0.4, -0.2) is 5.91 Å². The summed E-state index contributed by atoms with van der Waals surface area (Å²) < 4.78 is 5.73. The number of anilines is 1. The van der Waals surface area contributed by atoms with E-state index < -0.39 is 5.91 Å². The molecule has 0 aliphatic heterocycles. The Morgan fingerprint density at radius 2 is 1.67 bits per heavy atom. The molecular weight excluding hydrogens is 443 g/mol. The summed E-state index contributed by atoms with van der Waals surface area (Å²) in [6.07, 6.45) is 1.47. The molecule has 0 saturated heterocycles. The van der Waals surface area contributed by atoms with Crippen molar-refractivity contribution < 1.29 is 9.53 Å². The third-order valence-electron chi connectivity index (χ3n) is 4.05. The van der Waals surface area contributed by atoms with Crippen LogP contribution in [-0.2, 0) is 11.4 Å². The van der Waals surface area contributed by atoms with Crippen LogP contribution in [0.4, 0.5) is 5.69 Å². The monoisotopic (exact) mass is 456 g/mol.